The molecule has 4 aliphatic carbocycles. The molecule has 2 aliphatic heterocycles. The first-order valence-corrected chi connectivity index (χ1v) is 22.9. The maximum atomic E-state index is 15.3. The predicted octanol–water partition coefficient (Wildman–Crippen LogP) is 5.67. The second-order valence-corrected chi connectivity index (χ2v) is 20.1. The fraction of sp³-hybridized carbons (Fsp3) is 0.643. The van der Waals surface area contributed by atoms with Crippen LogP contribution in [0.15, 0.2) is 36.4 Å². The van der Waals surface area contributed by atoms with Crippen molar-refractivity contribution in [3.63, 3.8) is 0 Å². The van der Waals surface area contributed by atoms with E-state index in [1.807, 2.05) is 32.1 Å². The number of halogens is 1. The zero-order chi connectivity index (χ0) is 41.1. The van der Waals surface area contributed by atoms with E-state index in [0.717, 1.165) is 19.3 Å². The van der Waals surface area contributed by atoms with Gasteiger partial charge in [-0.3, -0.25) is 24.0 Å². The number of allylic oxidation sites excluding steroid dienone is 1. The number of rotatable bonds is 10. The second kappa shape index (κ2) is 15.8. The van der Waals surface area contributed by atoms with E-state index in [-0.39, 0.29) is 43.1 Å². The summed E-state index contributed by atoms with van der Waals surface area (Å²) in [4.78, 5) is 64.6. The van der Waals surface area contributed by atoms with Crippen molar-refractivity contribution in [3.05, 3.63) is 41.4 Å². The standard InChI is InChI=1S/C42H54ClN5O9S/c1-4-14-56-35-20-32-31(10-7-11-33(32)43)38(44-35)57-29-19-34-37(49)45-42(40(51)46-58(54,55)30-12-13-30)21-27(42)9-6-5-8-23(2)15-24(3)36(39(50)47(34)22-29)48(41(52)53)28-17-25-16-26(25)18-28/h6-7,9-11,20,23-30,34,36H,4-5,8,12-19,21-22H2,1-3H3,(H,45,49)(H,46,51)(H,52,53)/t23-,24+,25-,26-,27+,29+,34-,36-,42+/m0/s1. The third-order valence-corrected chi connectivity index (χ3v) is 15.3. The number of ether oxygens (including phenoxy) is 2. The lowest BCUT2D eigenvalue weighted by molar-refractivity contribution is -0.145. The van der Waals surface area contributed by atoms with Gasteiger partial charge in [0.1, 0.15) is 23.7 Å². The van der Waals surface area contributed by atoms with Crippen LogP contribution in [0.3, 0.4) is 0 Å². The average Bonchev–Trinajstić information content (AvgIpc) is 4.14. The van der Waals surface area contributed by atoms with Crippen LogP contribution >= 0.6 is 11.6 Å². The second-order valence-electron chi connectivity index (χ2n) is 17.7. The largest absolute Gasteiger partial charge is 0.478 e. The molecule has 9 atom stereocenters. The molecule has 6 aliphatic rings. The number of benzene rings is 1. The molecule has 0 spiro atoms. The highest BCUT2D eigenvalue weighted by Crippen LogP contribution is 2.54. The molecule has 0 radical (unpaired) electrons. The first kappa shape index (κ1) is 40.7. The number of nitrogens with zero attached hydrogens (tertiary/aromatic N) is 3. The number of fused-ring (bicyclic) bond motifs is 4. The maximum absolute atomic E-state index is 15.3. The van der Waals surface area contributed by atoms with Crippen LogP contribution in [0.25, 0.3) is 10.8 Å². The first-order valence-electron chi connectivity index (χ1n) is 20.9. The molecule has 0 bridgehead atoms. The molecule has 5 fully saturated rings. The average molecular weight is 840 g/mol. The van der Waals surface area contributed by atoms with Crippen LogP contribution in [0.2, 0.25) is 5.02 Å². The lowest BCUT2D eigenvalue weighted by Gasteiger charge is -2.40. The number of aromatic nitrogens is 1. The van der Waals surface area contributed by atoms with Gasteiger partial charge < -0.3 is 24.8 Å². The summed E-state index contributed by atoms with van der Waals surface area (Å²) in [6, 6.07) is 4.51. The summed E-state index contributed by atoms with van der Waals surface area (Å²) < 4.78 is 40.7. The van der Waals surface area contributed by atoms with Crippen molar-refractivity contribution in [2.24, 2.45) is 29.6 Å². The van der Waals surface area contributed by atoms with Gasteiger partial charge in [0.15, 0.2) is 0 Å². The van der Waals surface area contributed by atoms with E-state index in [1.54, 1.807) is 18.2 Å². The molecule has 314 valence electrons. The number of carbonyl (C=O) groups is 4. The molecule has 3 N–H and O–H groups in total. The summed E-state index contributed by atoms with van der Waals surface area (Å²) in [7, 11) is -3.93. The highest BCUT2D eigenvalue weighted by Gasteiger charge is 2.62. The highest BCUT2D eigenvalue weighted by atomic mass is 35.5. The summed E-state index contributed by atoms with van der Waals surface area (Å²) in [5.41, 5.74) is -1.54. The molecule has 1 saturated heterocycles. The molecule has 0 unspecified atom stereocenters. The molecule has 1 aromatic heterocycles. The van der Waals surface area contributed by atoms with E-state index < -0.39 is 68.7 Å². The van der Waals surface area contributed by atoms with Crippen LogP contribution in [-0.4, -0.2) is 100 Å². The molecule has 2 aromatic rings. The van der Waals surface area contributed by atoms with E-state index in [9.17, 15) is 27.9 Å². The van der Waals surface area contributed by atoms with E-state index in [4.69, 9.17) is 21.1 Å². The van der Waals surface area contributed by atoms with E-state index in [0.29, 0.717) is 78.6 Å². The number of pyridine rings is 1. The number of carbonyl (C=O) groups excluding carboxylic acids is 3. The molecule has 1 aromatic carbocycles. The van der Waals surface area contributed by atoms with Crippen LogP contribution < -0.4 is 19.5 Å². The Morgan fingerprint density at radius 3 is 2.55 bits per heavy atom. The van der Waals surface area contributed by atoms with Crippen molar-refractivity contribution in [3.8, 4) is 11.8 Å². The number of hydrogen-bond donors (Lipinski definition) is 3. The normalized spacial score (nSPS) is 32.6. The van der Waals surface area contributed by atoms with Gasteiger partial charge in [-0.25, -0.2) is 13.2 Å². The Balaban J connectivity index is 1.16. The Morgan fingerprint density at radius 2 is 1.84 bits per heavy atom. The van der Waals surface area contributed by atoms with Crippen molar-refractivity contribution in [2.45, 2.75) is 126 Å². The smallest absolute Gasteiger partial charge is 0.408 e. The van der Waals surface area contributed by atoms with Crippen molar-refractivity contribution < 1.29 is 42.2 Å². The fourth-order valence-corrected chi connectivity index (χ4v) is 11.4. The van der Waals surface area contributed by atoms with Gasteiger partial charge in [-0.05, 0) is 100 Å². The highest BCUT2D eigenvalue weighted by molar-refractivity contribution is 7.91. The number of amides is 4. The zero-order valence-electron chi connectivity index (χ0n) is 33.3. The number of sulfonamides is 1. The molecule has 14 nitrogen and oxygen atoms in total. The molecule has 4 saturated carbocycles. The summed E-state index contributed by atoms with van der Waals surface area (Å²) in [6.45, 7) is 6.33. The molecule has 4 amide bonds. The Kier molecular flexibility index (Phi) is 11.1. The third kappa shape index (κ3) is 8.09. The summed E-state index contributed by atoms with van der Waals surface area (Å²) in [5, 5.41) is 14.8. The maximum Gasteiger partial charge on any atom is 0.408 e. The lowest BCUT2D eigenvalue weighted by atomic mass is 9.86. The number of hydrogen-bond acceptors (Lipinski definition) is 9. The Hall–Kier alpha value is -4.11. The Labute approximate surface area is 344 Å². The number of nitrogens with one attached hydrogen (secondary N) is 2. The summed E-state index contributed by atoms with van der Waals surface area (Å²) in [5.74, 6) is -1.24. The molecular weight excluding hydrogens is 786 g/mol. The molecule has 8 rings (SSSR count). The zero-order valence-corrected chi connectivity index (χ0v) is 34.8. The molecule has 58 heavy (non-hydrogen) atoms. The summed E-state index contributed by atoms with van der Waals surface area (Å²) in [6.07, 6.45) is 8.21. The molecule has 3 heterocycles. The van der Waals surface area contributed by atoms with Crippen molar-refractivity contribution >= 4 is 56.2 Å². The van der Waals surface area contributed by atoms with Gasteiger partial charge in [-0.2, -0.15) is 4.98 Å². The van der Waals surface area contributed by atoms with Crippen LogP contribution in [0.4, 0.5) is 4.79 Å². The van der Waals surface area contributed by atoms with Crippen LogP contribution in [0.1, 0.15) is 91.4 Å². The SMILES string of the molecule is CCCOc1cc2c(Cl)cccc2c(O[C@@H]2C[C@H]3C(=O)N[C@]4(C(=O)NS(=O)(=O)C5CC5)C[C@H]4C=CCC[C@H](C)C[C@@H](C)[C@H](N(C(=O)O)C4C[C@@H]5C[C@H]5C4)C(=O)N3C2)n1. The Morgan fingerprint density at radius 1 is 1.09 bits per heavy atom. The minimum absolute atomic E-state index is 0.00190. The van der Waals surface area contributed by atoms with Gasteiger partial charge in [0.25, 0.3) is 5.91 Å². The van der Waals surface area contributed by atoms with Crippen LogP contribution in [0, 0.1) is 29.6 Å². The molecule has 16 heteroatoms. The predicted molar refractivity (Wildman–Crippen MR) is 216 cm³/mol. The van der Waals surface area contributed by atoms with Crippen molar-refractivity contribution in [1.82, 2.24) is 24.8 Å². The minimum atomic E-state index is -3.93. The topological polar surface area (TPSA) is 185 Å². The lowest BCUT2D eigenvalue weighted by Crippen LogP contribution is -2.61. The quantitative estimate of drug-likeness (QED) is 0.252. The fourth-order valence-electron chi connectivity index (χ4n) is 9.80. The van der Waals surface area contributed by atoms with E-state index in [2.05, 4.69) is 21.9 Å². The van der Waals surface area contributed by atoms with Gasteiger partial charge in [0, 0.05) is 40.2 Å². The van der Waals surface area contributed by atoms with Crippen molar-refractivity contribution in [2.75, 3.05) is 13.2 Å². The first-order chi connectivity index (χ1) is 27.7. The van der Waals surface area contributed by atoms with Crippen LogP contribution in [-0.2, 0) is 24.4 Å². The van der Waals surface area contributed by atoms with Gasteiger partial charge in [0.05, 0.1) is 18.4 Å². The molecular formula is C42H54ClN5O9S. The third-order valence-electron chi connectivity index (χ3n) is 13.2. The summed E-state index contributed by atoms with van der Waals surface area (Å²) >= 11 is 6.62. The van der Waals surface area contributed by atoms with Gasteiger partial charge in [-0.1, -0.05) is 50.6 Å². The van der Waals surface area contributed by atoms with E-state index >= 15 is 4.79 Å². The van der Waals surface area contributed by atoms with Gasteiger partial charge in [0.2, 0.25) is 33.6 Å². The van der Waals surface area contributed by atoms with Crippen molar-refractivity contribution in [1.29, 1.82) is 0 Å². The number of carboxylic acid groups (broad SMARTS) is 1. The Bertz CT molecular complexity index is 2100. The van der Waals surface area contributed by atoms with E-state index in [1.165, 1.54) is 9.80 Å². The van der Waals surface area contributed by atoms with Gasteiger partial charge >= 0.3 is 6.09 Å². The van der Waals surface area contributed by atoms with Crippen LogP contribution in [0.5, 0.6) is 11.8 Å². The monoisotopic (exact) mass is 839 g/mol. The minimum Gasteiger partial charge on any atom is -0.478 e. The van der Waals surface area contributed by atoms with Gasteiger partial charge in [-0.15, -0.1) is 0 Å².